The molecule has 0 aliphatic carbocycles. The molecule has 1 aliphatic rings. The van der Waals surface area contributed by atoms with E-state index in [0.717, 1.165) is 10.2 Å². The van der Waals surface area contributed by atoms with Gasteiger partial charge < -0.3 is 19.1 Å². The summed E-state index contributed by atoms with van der Waals surface area (Å²) in [5.41, 5.74) is 1.26. The van der Waals surface area contributed by atoms with E-state index in [9.17, 15) is 9.18 Å². The topological polar surface area (TPSA) is 60.9 Å². The van der Waals surface area contributed by atoms with Crippen LogP contribution in [0.1, 0.15) is 23.2 Å². The van der Waals surface area contributed by atoms with Crippen LogP contribution < -0.4 is 14.2 Å². The number of fused-ring (bicyclic) bond motifs is 1. The molecule has 8 heteroatoms. The van der Waals surface area contributed by atoms with Crippen molar-refractivity contribution in [1.29, 1.82) is 0 Å². The van der Waals surface area contributed by atoms with Gasteiger partial charge in [0.25, 0.3) is 11.1 Å². The minimum Gasteiger partial charge on any atom is -0.497 e. The van der Waals surface area contributed by atoms with Crippen LogP contribution in [0, 0.1) is 5.82 Å². The number of aromatic nitrogens is 1. The quantitative estimate of drug-likeness (QED) is 0.626. The number of halogens is 1. The van der Waals surface area contributed by atoms with Gasteiger partial charge >= 0.3 is 0 Å². The van der Waals surface area contributed by atoms with Crippen molar-refractivity contribution in [3.05, 3.63) is 47.8 Å². The molecule has 29 heavy (non-hydrogen) atoms. The number of hydrogen-bond donors (Lipinski definition) is 0. The predicted molar refractivity (Wildman–Crippen MR) is 109 cm³/mol. The first-order valence-electron chi connectivity index (χ1n) is 9.31. The maximum Gasteiger partial charge on any atom is 0.274 e. The van der Waals surface area contributed by atoms with Gasteiger partial charge in [0, 0.05) is 37.6 Å². The van der Waals surface area contributed by atoms with Crippen molar-refractivity contribution in [2.24, 2.45) is 0 Å². The zero-order valence-corrected chi connectivity index (χ0v) is 17.0. The predicted octanol–water partition coefficient (Wildman–Crippen LogP) is 4.14. The summed E-state index contributed by atoms with van der Waals surface area (Å²) in [5.74, 6) is 0.821. The SMILES string of the molecule is COc1cc(OC)cc(C(=O)N2CCC(Oc3nc4ccc(F)cc4s3)CC2)c1. The van der Waals surface area contributed by atoms with Crippen molar-refractivity contribution < 1.29 is 23.4 Å². The zero-order valence-electron chi connectivity index (χ0n) is 16.2. The number of nitrogens with zero attached hydrogens (tertiary/aromatic N) is 2. The number of rotatable bonds is 5. The molecule has 152 valence electrons. The molecule has 0 spiro atoms. The van der Waals surface area contributed by atoms with Crippen LogP contribution in [-0.2, 0) is 0 Å². The van der Waals surface area contributed by atoms with Crippen LogP contribution in [-0.4, -0.2) is 49.2 Å². The number of ether oxygens (including phenoxy) is 3. The third-order valence-corrected chi connectivity index (χ3v) is 5.83. The average molecular weight is 416 g/mol. The van der Waals surface area contributed by atoms with Crippen molar-refractivity contribution >= 4 is 27.5 Å². The summed E-state index contributed by atoms with van der Waals surface area (Å²) in [6.07, 6.45) is 1.39. The molecular weight excluding hydrogens is 395 g/mol. The van der Waals surface area contributed by atoms with E-state index in [-0.39, 0.29) is 17.8 Å². The highest BCUT2D eigenvalue weighted by molar-refractivity contribution is 7.20. The largest absolute Gasteiger partial charge is 0.497 e. The molecular formula is C21H21FN2O4S. The van der Waals surface area contributed by atoms with Crippen LogP contribution >= 0.6 is 11.3 Å². The van der Waals surface area contributed by atoms with Gasteiger partial charge in [-0.05, 0) is 30.3 Å². The summed E-state index contributed by atoms with van der Waals surface area (Å²) in [4.78, 5) is 19.1. The number of carbonyl (C=O) groups excluding carboxylic acids is 1. The Hall–Kier alpha value is -2.87. The Morgan fingerprint density at radius 3 is 2.45 bits per heavy atom. The van der Waals surface area contributed by atoms with Gasteiger partial charge in [-0.2, -0.15) is 0 Å². The number of methoxy groups -OCH3 is 2. The second-order valence-electron chi connectivity index (χ2n) is 6.80. The van der Waals surface area contributed by atoms with Crippen molar-refractivity contribution in [3.8, 4) is 16.7 Å². The van der Waals surface area contributed by atoms with Crippen LogP contribution in [0.15, 0.2) is 36.4 Å². The standard InChI is InChI=1S/C21H21FN2O4S/c1-26-16-9-13(10-17(12-16)27-2)20(25)24-7-5-15(6-8-24)28-21-23-18-4-3-14(22)11-19(18)29-21/h3-4,9-12,15H,5-8H2,1-2H3. The molecule has 6 nitrogen and oxygen atoms in total. The summed E-state index contributed by atoms with van der Waals surface area (Å²) in [7, 11) is 3.12. The molecule has 3 aromatic rings. The molecule has 0 N–H and O–H groups in total. The molecule has 0 bridgehead atoms. The van der Waals surface area contributed by atoms with Gasteiger partial charge in [-0.15, -0.1) is 0 Å². The van der Waals surface area contributed by atoms with Crippen LogP contribution in [0.4, 0.5) is 4.39 Å². The maximum atomic E-state index is 13.3. The van der Waals surface area contributed by atoms with Gasteiger partial charge in [-0.3, -0.25) is 4.79 Å². The first-order chi connectivity index (χ1) is 14.1. The van der Waals surface area contributed by atoms with Crippen LogP contribution in [0.2, 0.25) is 0 Å². The average Bonchev–Trinajstić information content (AvgIpc) is 3.14. The number of benzene rings is 2. The van der Waals surface area contributed by atoms with Gasteiger partial charge in [0.2, 0.25) is 0 Å². The molecule has 1 amide bonds. The fraction of sp³-hybridized carbons (Fsp3) is 0.333. The van der Waals surface area contributed by atoms with Gasteiger partial charge in [0.15, 0.2) is 0 Å². The van der Waals surface area contributed by atoms with Gasteiger partial charge in [-0.1, -0.05) is 11.3 Å². The Labute approximate surface area is 171 Å². The van der Waals surface area contributed by atoms with E-state index in [1.807, 2.05) is 4.90 Å². The fourth-order valence-electron chi connectivity index (χ4n) is 3.36. The van der Waals surface area contributed by atoms with Gasteiger partial charge in [0.05, 0.1) is 24.4 Å². The van der Waals surface area contributed by atoms with Crippen molar-refractivity contribution in [3.63, 3.8) is 0 Å². The molecule has 0 radical (unpaired) electrons. The Kier molecular flexibility index (Phi) is 5.53. The Bertz CT molecular complexity index is 1010. The van der Waals surface area contributed by atoms with Crippen molar-refractivity contribution in [2.75, 3.05) is 27.3 Å². The normalized spacial score (nSPS) is 14.8. The third kappa shape index (κ3) is 4.27. The first-order valence-corrected chi connectivity index (χ1v) is 10.1. The van der Waals surface area contributed by atoms with Crippen LogP contribution in [0.5, 0.6) is 16.7 Å². The number of carbonyl (C=O) groups is 1. The van der Waals surface area contributed by atoms with E-state index >= 15 is 0 Å². The Balaban J connectivity index is 1.39. The molecule has 1 saturated heterocycles. The lowest BCUT2D eigenvalue weighted by molar-refractivity contribution is 0.0595. The number of hydrogen-bond acceptors (Lipinski definition) is 6. The summed E-state index contributed by atoms with van der Waals surface area (Å²) >= 11 is 1.34. The molecule has 4 rings (SSSR count). The number of thiazole rings is 1. The lowest BCUT2D eigenvalue weighted by atomic mass is 10.1. The van der Waals surface area contributed by atoms with Crippen molar-refractivity contribution in [2.45, 2.75) is 18.9 Å². The summed E-state index contributed by atoms with van der Waals surface area (Å²) in [6.45, 7) is 1.17. The van der Waals surface area contributed by atoms with E-state index in [1.54, 1.807) is 38.5 Å². The second-order valence-corrected chi connectivity index (χ2v) is 7.80. The smallest absolute Gasteiger partial charge is 0.274 e. The van der Waals surface area contributed by atoms with Crippen LogP contribution in [0.25, 0.3) is 10.2 Å². The highest BCUT2D eigenvalue weighted by Crippen LogP contribution is 2.31. The zero-order chi connectivity index (χ0) is 20.4. The molecule has 0 unspecified atom stereocenters. The van der Waals surface area contributed by atoms with E-state index in [0.29, 0.717) is 48.2 Å². The summed E-state index contributed by atoms with van der Waals surface area (Å²) in [5, 5.41) is 0.535. The molecule has 0 saturated carbocycles. The fourth-order valence-corrected chi connectivity index (χ4v) is 4.27. The van der Waals surface area contributed by atoms with Gasteiger partial charge in [-0.25, -0.2) is 9.37 Å². The van der Waals surface area contributed by atoms with E-state index in [4.69, 9.17) is 14.2 Å². The lowest BCUT2D eigenvalue weighted by Gasteiger charge is -2.31. The van der Waals surface area contributed by atoms with Crippen LogP contribution in [0.3, 0.4) is 0 Å². The summed E-state index contributed by atoms with van der Waals surface area (Å²) < 4.78 is 30.6. The Morgan fingerprint density at radius 1 is 1.10 bits per heavy atom. The second kappa shape index (κ2) is 8.24. The third-order valence-electron chi connectivity index (χ3n) is 4.93. The highest BCUT2D eigenvalue weighted by Gasteiger charge is 2.26. The molecule has 1 aliphatic heterocycles. The lowest BCUT2D eigenvalue weighted by Crippen LogP contribution is -2.41. The minimum absolute atomic E-state index is 0.0238. The molecule has 2 aromatic carbocycles. The molecule has 1 fully saturated rings. The monoisotopic (exact) mass is 416 g/mol. The minimum atomic E-state index is -0.284. The number of amides is 1. The van der Waals surface area contributed by atoms with Crippen molar-refractivity contribution in [1.82, 2.24) is 9.88 Å². The molecule has 0 atom stereocenters. The number of piperidine rings is 1. The highest BCUT2D eigenvalue weighted by atomic mass is 32.1. The first kappa shape index (κ1) is 19.4. The van der Waals surface area contributed by atoms with E-state index < -0.39 is 0 Å². The molecule has 1 aromatic heterocycles. The van der Waals surface area contributed by atoms with Gasteiger partial charge in [0.1, 0.15) is 23.4 Å². The Morgan fingerprint density at radius 2 is 1.79 bits per heavy atom. The van der Waals surface area contributed by atoms with E-state index in [1.165, 1.54) is 23.5 Å². The molecule has 2 heterocycles. The maximum absolute atomic E-state index is 13.3. The summed E-state index contributed by atoms with van der Waals surface area (Å²) in [6, 6.07) is 9.67. The number of likely N-dealkylation sites (tertiary alicyclic amines) is 1. The van der Waals surface area contributed by atoms with E-state index in [2.05, 4.69) is 4.98 Å².